The van der Waals surface area contributed by atoms with Gasteiger partial charge < -0.3 is 10.1 Å². The van der Waals surface area contributed by atoms with E-state index >= 15 is 0 Å². The predicted octanol–water partition coefficient (Wildman–Crippen LogP) is 5.64. The topological polar surface area (TPSA) is 97.4 Å². The van der Waals surface area contributed by atoms with Crippen LogP contribution in [0.2, 0.25) is 10.0 Å². The average molecular weight is 540 g/mol. The Balaban J connectivity index is 1.57. The summed E-state index contributed by atoms with van der Waals surface area (Å²) in [6, 6.07) is 8.19. The number of sulfone groups is 1. The molecule has 0 aliphatic heterocycles. The third-order valence-corrected chi connectivity index (χ3v) is 7.18. The van der Waals surface area contributed by atoms with Gasteiger partial charge in [-0.05, 0) is 42.0 Å². The molecule has 0 aliphatic carbocycles. The molecule has 0 unspecified atom stereocenters. The monoisotopic (exact) mass is 539 g/mol. The van der Waals surface area contributed by atoms with Crippen LogP contribution in [0.3, 0.4) is 0 Å². The summed E-state index contributed by atoms with van der Waals surface area (Å²) in [5.74, 6) is -1.04. The van der Waals surface area contributed by atoms with Crippen LogP contribution in [0, 0.1) is 0 Å². The minimum absolute atomic E-state index is 0.162. The number of alkyl halides is 3. The maximum absolute atomic E-state index is 12.5. The molecule has 2 aromatic carbocycles. The number of carbonyl (C=O) groups excluding carboxylic acids is 1. The number of halogens is 5. The van der Waals surface area contributed by atoms with Crippen molar-refractivity contribution in [2.75, 3.05) is 5.32 Å². The van der Waals surface area contributed by atoms with Gasteiger partial charge in [0.2, 0.25) is 0 Å². The van der Waals surface area contributed by atoms with Crippen molar-refractivity contribution in [2.45, 2.75) is 23.6 Å². The third-order valence-electron chi connectivity index (χ3n) is 3.96. The first-order valence-corrected chi connectivity index (χ1v) is 12.2. The van der Waals surface area contributed by atoms with Crippen molar-refractivity contribution in [1.29, 1.82) is 0 Å². The highest BCUT2D eigenvalue weighted by Gasteiger charge is 2.31. The highest BCUT2D eigenvalue weighted by molar-refractivity contribution is 7.90. The summed E-state index contributed by atoms with van der Waals surface area (Å²) in [6.45, 7) is 0.170. The highest BCUT2D eigenvalue weighted by atomic mass is 35.5. The van der Waals surface area contributed by atoms with Gasteiger partial charge in [0, 0.05) is 11.9 Å². The van der Waals surface area contributed by atoms with Gasteiger partial charge in [0.15, 0.2) is 15.0 Å². The Morgan fingerprint density at radius 3 is 2.42 bits per heavy atom. The Kier molecular flexibility index (Phi) is 7.73. The third kappa shape index (κ3) is 7.49. The lowest BCUT2D eigenvalue weighted by molar-refractivity contribution is -0.274. The van der Waals surface area contributed by atoms with Gasteiger partial charge in [-0.3, -0.25) is 5.32 Å². The van der Waals surface area contributed by atoms with Crippen LogP contribution < -0.4 is 15.4 Å². The molecule has 0 atom stereocenters. The van der Waals surface area contributed by atoms with Crippen molar-refractivity contribution in [3.8, 4) is 5.75 Å². The summed E-state index contributed by atoms with van der Waals surface area (Å²) in [5, 5.41) is 7.46. The number of nitrogens with one attached hydrogen (secondary N) is 2. The number of nitrogens with zero attached hydrogens (tertiary/aromatic N) is 1. The van der Waals surface area contributed by atoms with Gasteiger partial charge in [-0.25, -0.2) is 18.2 Å². The molecule has 2 amide bonds. The summed E-state index contributed by atoms with van der Waals surface area (Å²) in [7, 11) is -3.89. The summed E-state index contributed by atoms with van der Waals surface area (Å²) in [5.41, 5.74) is 0.882. The lowest BCUT2D eigenvalue weighted by Crippen LogP contribution is -2.28. The number of amides is 2. The molecule has 0 saturated heterocycles. The molecule has 0 radical (unpaired) electrons. The number of aromatic nitrogens is 1. The number of hydrogen-bond acceptors (Lipinski definition) is 6. The van der Waals surface area contributed by atoms with Crippen LogP contribution >= 0.6 is 34.5 Å². The number of urea groups is 1. The molecule has 2 N–H and O–H groups in total. The molecule has 1 heterocycles. The van der Waals surface area contributed by atoms with E-state index in [1.165, 1.54) is 5.38 Å². The first-order valence-electron chi connectivity index (χ1n) is 8.93. The molecule has 0 bridgehead atoms. The van der Waals surface area contributed by atoms with E-state index in [9.17, 15) is 26.4 Å². The van der Waals surface area contributed by atoms with Gasteiger partial charge >= 0.3 is 12.4 Å². The van der Waals surface area contributed by atoms with Gasteiger partial charge in [-0.15, -0.1) is 24.5 Å². The molecule has 176 valence electrons. The van der Waals surface area contributed by atoms with Gasteiger partial charge in [0.1, 0.15) is 5.75 Å². The van der Waals surface area contributed by atoms with E-state index in [1.807, 2.05) is 0 Å². The maximum Gasteiger partial charge on any atom is 0.573 e. The van der Waals surface area contributed by atoms with E-state index in [1.54, 1.807) is 18.2 Å². The van der Waals surface area contributed by atoms with Crippen molar-refractivity contribution in [1.82, 2.24) is 10.3 Å². The fourth-order valence-corrected chi connectivity index (χ4v) is 4.92. The van der Waals surface area contributed by atoms with E-state index in [0.29, 0.717) is 10.0 Å². The SMILES string of the molecule is O=C(NCc1ccc(Cl)c(Cl)c1)Nc1nc(CS(=O)(=O)c2ccc(OC(F)(F)F)cc2)cs1. The summed E-state index contributed by atoms with van der Waals surface area (Å²) in [4.78, 5) is 15.9. The lowest BCUT2D eigenvalue weighted by Gasteiger charge is -2.09. The van der Waals surface area contributed by atoms with Gasteiger partial charge in [-0.1, -0.05) is 29.3 Å². The Morgan fingerprint density at radius 2 is 1.79 bits per heavy atom. The number of carbonyl (C=O) groups is 1. The van der Waals surface area contributed by atoms with E-state index in [2.05, 4.69) is 20.4 Å². The van der Waals surface area contributed by atoms with E-state index in [4.69, 9.17) is 23.2 Å². The molecule has 0 aliphatic rings. The number of ether oxygens (including phenoxy) is 1. The molecule has 1 aromatic heterocycles. The van der Waals surface area contributed by atoms with Crippen LogP contribution in [-0.4, -0.2) is 25.8 Å². The molecule has 7 nitrogen and oxygen atoms in total. The lowest BCUT2D eigenvalue weighted by atomic mass is 10.2. The average Bonchev–Trinajstić information content (AvgIpc) is 3.14. The van der Waals surface area contributed by atoms with Crippen molar-refractivity contribution in [3.63, 3.8) is 0 Å². The van der Waals surface area contributed by atoms with Crippen LogP contribution in [-0.2, 0) is 22.1 Å². The predicted molar refractivity (Wildman–Crippen MR) is 118 cm³/mol. The van der Waals surface area contributed by atoms with Crippen LogP contribution in [0.4, 0.5) is 23.1 Å². The van der Waals surface area contributed by atoms with Gasteiger partial charge in [0.25, 0.3) is 0 Å². The van der Waals surface area contributed by atoms with Crippen LogP contribution in [0.25, 0.3) is 0 Å². The van der Waals surface area contributed by atoms with E-state index < -0.39 is 33.7 Å². The zero-order valence-electron chi connectivity index (χ0n) is 16.3. The molecule has 0 saturated carbocycles. The number of anilines is 1. The van der Waals surface area contributed by atoms with Crippen molar-refractivity contribution < 1.29 is 31.1 Å². The fraction of sp³-hybridized carbons (Fsp3) is 0.158. The smallest absolute Gasteiger partial charge is 0.406 e. The van der Waals surface area contributed by atoms with E-state index in [-0.39, 0.29) is 22.3 Å². The molecule has 14 heteroatoms. The molecule has 3 rings (SSSR count). The number of benzene rings is 2. The zero-order valence-corrected chi connectivity index (χ0v) is 19.5. The van der Waals surface area contributed by atoms with Crippen LogP contribution in [0.1, 0.15) is 11.3 Å². The van der Waals surface area contributed by atoms with Crippen molar-refractivity contribution in [2.24, 2.45) is 0 Å². The molecule has 0 fully saturated rings. The minimum atomic E-state index is -4.88. The zero-order chi connectivity index (χ0) is 24.2. The molecule has 0 spiro atoms. The van der Waals surface area contributed by atoms with E-state index in [0.717, 1.165) is 41.2 Å². The molecule has 3 aromatic rings. The van der Waals surface area contributed by atoms with Gasteiger partial charge in [0.05, 0.1) is 26.4 Å². The Bertz CT molecular complexity index is 1250. The number of thiazole rings is 1. The van der Waals surface area contributed by atoms with Crippen LogP contribution in [0.5, 0.6) is 5.75 Å². The Hall–Kier alpha value is -2.54. The summed E-state index contributed by atoms with van der Waals surface area (Å²) in [6.07, 6.45) is -4.88. The molecular formula is C19H14Cl2F3N3O4S2. The van der Waals surface area contributed by atoms with Gasteiger partial charge in [-0.2, -0.15) is 0 Å². The number of hydrogen-bond donors (Lipinski definition) is 2. The maximum atomic E-state index is 12.5. The fourth-order valence-electron chi connectivity index (χ4n) is 2.53. The second-order valence-corrected chi connectivity index (χ2v) is 10.1. The Morgan fingerprint density at radius 1 is 1.09 bits per heavy atom. The standard InChI is InChI=1S/C19H14Cl2F3N3O4S2/c20-15-6-1-11(7-16(15)21)8-25-17(28)27-18-26-12(9-32-18)10-33(29,30)14-4-2-13(3-5-14)31-19(22,23)24/h1-7,9H,8,10H2,(H2,25,26,27,28). The second kappa shape index (κ2) is 10.2. The highest BCUT2D eigenvalue weighted by Crippen LogP contribution is 2.26. The largest absolute Gasteiger partial charge is 0.573 e. The second-order valence-electron chi connectivity index (χ2n) is 6.48. The minimum Gasteiger partial charge on any atom is -0.406 e. The van der Waals surface area contributed by atoms with Crippen molar-refractivity contribution in [3.05, 3.63) is 69.1 Å². The van der Waals surface area contributed by atoms with Crippen LogP contribution in [0.15, 0.2) is 52.7 Å². The first kappa shape index (κ1) is 25.1. The quantitative estimate of drug-likeness (QED) is 0.404. The summed E-state index contributed by atoms with van der Waals surface area (Å²) >= 11 is 12.8. The Labute approximate surface area is 200 Å². The summed E-state index contributed by atoms with van der Waals surface area (Å²) < 4.78 is 65.5. The van der Waals surface area contributed by atoms with Crippen molar-refractivity contribution >= 4 is 55.5 Å². The first-order chi connectivity index (χ1) is 15.4. The molecular weight excluding hydrogens is 526 g/mol. The molecule has 33 heavy (non-hydrogen) atoms. The normalized spacial score (nSPS) is 11.8. The number of rotatable bonds is 7.